The Morgan fingerprint density at radius 1 is 1.00 bits per heavy atom. The number of hydrogen-bond donors (Lipinski definition) is 1. The SMILES string of the molecule is Fc1ccc(CNCCCCCCI)cc1. The van der Waals surface area contributed by atoms with Gasteiger partial charge in [0.05, 0.1) is 0 Å². The fourth-order valence-electron chi connectivity index (χ4n) is 1.53. The minimum Gasteiger partial charge on any atom is -0.313 e. The molecular weight excluding hydrogens is 316 g/mol. The van der Waals surface area contributed by atoms with Crippen LogP contribution in [0, 0.1) is 5.82 Å². The number of nitrogens with one attached hydrogen (secondary N) is 1. The summed E-state index contributed by atoms with van der Waals surface area (Å²) in [6.07, 6.45) is 5.21. The molecule has 1 aromatic carbocycles. The van der Waals surface area contributed by atoms with E-state index in [9.17, 15) is 4.39 Å². The first-order valence-electron chi connectivity index (χ1n) is 5.84. The minimum absolute atomic E-state index is 0.164. The van der Waals surface area contributed by atoms with E-state index in [0.29, 0.717) is 0 Å². The van der Waals surface area contributed by atoms with Crippen molar-refractivity contribution < 1.29 is 4.39 Å². The number of unbranched alkanes of at least 4 members (excludes halogenated alkanes) is 3. The van der Waals surface area contributed by atoms with E-state index in [-0.39, 0.29) is 5.82 Å². The summed E-state index contributed by atoms with van der Waals surface area (Å²) in [5, 5.41) is 3.37. The Balaban J connectivity index is 2.01. The summed E-state index contributed by atoms with van der Waals surface area (Å²) < 4.78 is 13.9. The van der Waals surface area contributed by atoms with E-state index in [4.69, 9.17) is 0 Å². The molecular formula is C13H19FIN. The quantitative estimate of drug-likeness (QED) is 0.431. The van der Waals surface area contributed by atoms with Crippen molar-refractivity contribution in [3.63, 3.8) is 0 Å². The first-order chi connectivity index (χ1) is 7.83. The second-order valence-electron chi connectivity index (χ2n) is 3.91. The molecule has 1 N–H and O–H groups in total. The monoisotopic (exact) mass is 335 g/mol. The third-order valence-electron chi connectivity index (χ3n) is 2.48. The molecule has 0 atom stereocenters. The van der Waals surface area contributed by atoms with Crippen LogP contribution in [0.1, 0.15) is 31.2 Å². The number of benzene rings is 1. The van der Waals surface area contributed by atoms with Crippen LogP contribution in [0.4, 0.5) is 4.39 Å². The number of rotatable bonds is 8. The van der Waals surface area contributed by atoms with Gasteiger partial charge in [0, 0.05) is 6.54 Å². The Morgan fingerprint density at radius 2 is 1.69 bits per heavy atom. The van der Waals surface area contributed by atoms with Crippen molar-refractivity contribution in [2.75, 3.05) is 11.0 Å². The fraction of sp³-hybridized carbons (Fsp3) is 0.538. The maximum Gasteiger partial charge on any atom is 0.123 e. The molecule has 0 spiro atoms. The summed E-state index contributed by atoms with van der Waals surface area (Å²) in [5.74, 6) is -0.164. The molecule has 90 valence electrons. The van der Waals surface area contributed by atoms with Crippen molar-refractivity contribution in [2.45, 2.75) is 32.2 Å². The third-order valence-corrected chi connectivity index (χ3v) is 3.24. The molecule has 0 aliphatic carbocycles. The molecule has 0 amide bonds. The van der Waals surface area contributed by atoms with E-state index in [0.717, 1.165) is 18.7 Å². The summed E-state index contributed by atoms with van der Waals surface area (Å²) in [6, 6.07) is 6.69. The van der Waals surface area contributed by atoms with Gasteiger partial charge in [-0.25, -0.2) is 4.39 Å². The largest absolute Gasteiger partial charge is 0.313 e. The molecule has 1 nitrogen and oxygen atoms in total. The van der Waals surface area contributed by atoms with Gasteiger partial charge in [0.2, 0.25) is 0 Å². The number of hydrogen-bond acceptors (Lipinski definition) is 1. The predicted octanol–water partition coefficient (Wildman–Crippen LogP) is 3.91. The lowest BCUT2D eigenvalue weighted by atomic mass is 10.2. The third kappa shape index (κ3) is 6.43. The Hall–Kier alpha value is -0.160. The van der Waals surface area contributed by atoms with Crippen molar-refractivity contribution in [2.24, 2.45) is 0 Å². The molecule has 0 unspecified atom stereocenters. The summed E-state index contributed by atoms with van der Waals surface area (Å²) in [4.78, 5) is 0. The molecule has 3 heteroatoms. The number of halogens is 2. The lowest BCUT2D eigenvalue weighted by molar-refractivity contribution is 0.598. The van der Waals surface area contributed by atoms with Crippen LogP contribution in [0.5, 0.6) is 0 Å². The number of alkyl halides is 1. The van der Waals surface area contributed by atoms with Gasteiger partial charge in [-0.1, -0.05) is 47.6 Å². The van der Waals surface area contributed by atoms with Gasteiger partial charge < -0.3 is 5.32 Å². The van der Waals surface area contributed by atoms with Crippen molar-refractivity contribution in [1.82, 2.24) is 5.32 Å². The Labute approximate surface area is 111 Å². The van der Waals surface area contributed by atoms with Gasteiger partial charge >= 0.3 is 0 Å². The summed E-state index contributed by atoms with van der Waals surface area (Å²) >= 11 is 2.42. The van der Waals surface area contributed by atoms with Crippen LogP contribution in [0.15, 0.2) is 24.3 Å². The Bertz CT molecular complexity index is 274. The lowest BCUT2D eigenvalue weighted by Gasteiger charge is -2.04. The highest BCUT2D eigenvalue weighted by molar-refractivity contribution is 14.1. The topological polar surface area (TPSA) is 12.0 Å². The standard InChI is InChI=1S/C13H19FIN/c14-13-7-5-12(6-8-13)11-16-10-4-2-1-3-9-15/h5-8,16H,1-4,9-11H2. The maximum atomic E-state index is 12.6. The van der Waals surface area contributed by atoms with Gasteiger partial charge in [0.1, 0.15) is 5.82 Å². The molecule has 1 rings (SSSR count). The van der Waals surface area contributed by atoms with Gasteiger partial charge in [0.15, 0.2) is 0 Å². The molecule has 1 aromatic rings. The molecule has 0 aliphatic heterocycles. The summed E-state index contributed by atoms with van der Waals surface area (Å²) in [7, 11) is 0. The van der Waals surface area contributed by atoms with Gasteiger partial charge in [0.25, 0.3) is 0 Å². The first-order valence-corrected chi connectivity index (χ1v) is 7.36. The predicted molar refractivity (Wildman–Crippen MR) is 75.5 cm³/mol. The fourth-order valence-corrected chi connectivity index (χ4v) is 2.07. The summed E-state index contributed by atoms with van der Waals surface area (Å²) in [5.41, 5.74) is 1.15. The molecule has 0 aliphatic rings. The van der Waals surface area contributed by atoms with Gasteiger partial charge in [-0.3, -0.25) is 0 Å². The van der Waals surface area contributed by atoms with Crippen LogP contribution in [-0.4, -0.2) is 11.0 Å². The second-order valence-corrected chi connectivity index (χ2v) is 4.99. The second kappa shape index (κ2) is 8.93. The van der Waals surface area contributed by atoms with Gasteiger partial charge in [-0.15, -0.1) is 0 Å². The van der Waals surface area contributed by atoms with Crippen LogP contribution < -0.4 is 5.32 Å². The Morgan fingerprint density at radius 3 is 2.38 bits per heavy atom. The van der Waals surface area contributed by atoms with Crippen LogP contribution >= 0.6 is 22.6 Å². The van der Waals surface area contributed by atoms with E-state index < -0.39 is 0 Å². The van der Waals surface area contributed by atoms with E-state index in [1.165, 1.54) is 42.2 Å². The van der Waals surface area contributed by atoms with Crippen molar-refractivity contribution >= 4 is 22.6 Å². The van der Waals surface area contributed by atoms with Crippen LogP contribution in [0.25, 0.3) is 0 Å². The minimum atomic E-state index is -0.164. The highest BCUT2D eigenvalue weighted by Gasteiger charge is 1.93. The average Bonchev–Trinajstić information content (AvgIpc) is 2.30. The van der Waals surface area contributed by atoms with Crippen LogP contribution in [0.2, 0.25) is 0 Å². The van der Waals surface area contributed by atoms with Crippen molar-refractivity contribution in [1.29, 1.82) is 0 Å². The zero-order valence-corrected chi connectivity index (χ0v) is 11.7. The Kier molecular flexibility index (Phi) is 7.76. The molecule has 0 aromatic heterocycles. The van der Waals surface area contributed by atoms with Gasteiger partial charge in [-0.05, 0) is 41.5 Å². The molecule has 16 heavy (non-hydrogen) atoms. The lowest BCUT2D eigenvalue weighted by Crippen LogP contribution is -2.14. The smallest absolute Gasteiger partial charge is 0.123 e. The summed E-state index contributed by atoms with van der Waals surface area (Å²) in [6.45, 7) is 1.89. The van der Waals surface area contributed by atoms with E-state index >= 15 is 0 Å². The van der Waals surface area contributed by atoms with Crippen LogP contribution in [0.3, 0.4) is 0 Å². The molecule has 0 saturated heterocycles. The van der Waals surface area contributed by atoms with Crippen LogP contribution in [-0.2, 0) is 6.54 Å². The highest BCUT2D eigenvalue weighted by Crippen LogP contribution is 2.03. The van der Waals surface area contributed by atoms with Gasteiger partial charge in [-0.2, -0.15) is 0 Å². The maximum absolute atomic E-state index is 12.6. The molecule has 0 heterocycles. The van der Waals surface area contributed by atoms with E-state index in [1.54, 1.807) is 0 Å². The molecule has 0 fully saturated rings. The zero-order valence-electron chi connectivity index (χ0n) is 9.52. The van der Waals surface area contributed by atoms with Crippen molar-refractivity contribution in [3.05, 3.63) is 35.6 Å². The first kappa shape index (κ1) is 13.9. The van der Waals surface area contributed by atoms with E-state index in [2.05, 4.69) is 27.9 Å². The normalized spacial score (nSPS) is 10.6. The molecule has 0 radical (unpaired) electrons. The average molecular weight is 335 g/mol. The van der Waals surface area contributed by atoms with Crippen molar-refractivity contribution in [3.8, 4) is 0 Å². The van der Waals surface area contributed by atoms with E-state index in [1.807, 2.05) is 12.1 Å². The molecule has 0 bridgehead atoms. The highest BCUT2D eigenvalue weighted by atomic mass is 127. The zero-order chi connectivity index (χ0) is 11.6. The molecule has 0 saturated carbocycles.